The molecular weight excluding hydrogens is 132 g/mol. The molecule has 0 aromatic rings. The molecule has 0 heteroatoms. The van der Waals surface area contributed by atoms with Crippen molar-refractivity contribution in [3.05, 3.63) is 12.2 Å². The molecule has 0 bridgehead atoms. The second-order valence-electron chi connectivity index (χ2n) is 5.02. The van der Waals surface area contributed by atoms with Crippen LogP contribution >= 0.6 is 0 Å². The maximum atomic E-state index is 2.48. The number of fused-ring (bicyclic) bond motifs is 6. The Balaban J connectivity index is 1.73. The van der Waals surface area contributed by atoms with Gasteiger partial charge in [-0.15, -0.1) is 0 Å². The van der Waals surface area contributed by atoms with Crippen molar-refractivity contribution in [2.24, 2.45) is 35.5 Å². The van der Waals surface area contributed by atoms with E-state index < -0.39 is 0 Å². The van der Waals surface area contributed by atoms with Gasteiger partial charge in [-0.25, -0.2) is 0 Å². The predicted molar refractivity (Wildman–Crippen MR) is 43.9 cm³/mol. The molecule has 3 fully saturated rings. The summed E-state index contributed by atoms with van der Waals surface area (Å²) in [5.74, 6) is 6.82. The van der Waals surface area contributed by atoms with Crippen molar-refractivity contribution in [2.75, 3.05) is 0 Å². The zero-order valence-electron chi connectivity index (χ0n) is 6.74. The van der Waals surface area contributed by atoms with Crippen molar-refractivity contribution in [3.8, 4) is 0 Å². The number of hydrogen-bond donors (Lipinski definition) is 0. The first-order valence-electron chi connectivity index (χ1n) is 5.13. The number of hydrogen-bond acceptors (Lipinski definition) is 0. The summed E-state index contributed by atoms with van der Waals surface area (Å²) < 4.78 is 0. The molecule has 0 amide bonds. The van der Waals surface area contributed by atoms with Crippen LogP contribution in [0, 0.1) is 35.5 Å². The van der Waals surface area contributed by atoms with Crippen LogP contribution in [-0.2, 0) is 0 Å². The average Bonchev–Trinajstić information content (AvgIpc) is 2.08. The van der Waals surface area contributed by atoms with E-state index in [0.717, 1.165) is 17.8 Å². The topological polar surface area (TPSA) is 0 Å². The monoisotopic (exact) mass is 146 g/mol. The van der Waals surface area contributed by atoms with Crippen molar-refractivity contribution < 1.29 is 0 Å². The van der Waals surface area contributed by atoms with Gasteiger partial charge in [-0.05, 0) is 54.8 Å². The maximum Gasteiger partial charge on any atom is -0.0134 e. The Morgan fingerprint density at radius 1 is 0.909 bits per heavy atom. The minimum absolute atomic E-state index is 1.06. The third kappa shape index (κ3) is 0.410. The standard InChI is InChI=1S/C11H14/c1-2-7-6(1)5-10-8-3-4-9(8)11(7)10/h3-4,6-11H,1-2,5H2. The normalized spacial score (nSPS) is 68.4. The zero-order valence-corrected chi connectivity index (χ0v) is 6.74. The molecule has 0 nitrogen and oxygen atoms in total. The molecule has 6 unspecified atom stereocenters. The van der Waals surface area contributed by atoms with Crippen LogP contribution in [-0.4, -0.2) is 0 Å². The molecule has 0 heterocycles. The van der Waals surface area contributed by atoms with Crippen molar-refractivity contribution in [2.45, 2.75) is 19.3 Å². The fraction of sp³-hybridized carbons (Fsp3) is 0.818. The van der Waals surface area contributed by atoms with Gasteiger partial charge in [-0.1, -0.05) is 12.2 Å². The van der Waals surface area contributed by atoms with E-state index in [1.807, 2.05) is 0 Å². The Morgan fingerprint density at radius 2 is 1.82 bits per heavy atom. The van der Waals surface area contributed by atoms with Gasteiger partial charge >= 0.3 is 0 Å². The van der Waals surface area contributed by atoms with Crippen molar-refractivity contribution in [3.63, 3.8) is 0 Å². The highest BCUT2D eigenvalue weighted by molar-refractivity contribution is 5.26. The molecule has 11 heavy (non-hydrogen) atoms. The molecule has 58 valence electrons. The highest BCUT2D eigenvalue weighted by atomic mass is 14.7. The van der Waals surface area contributed by atoms with Crippen LogP contribution in [0.3, 0.4) is 0 Å². The van der Waals surface area contributed by atoms with Crippen LogP contribution in [0.15, 0.2) is 12.2 Å². The minimum Gasteiger partial charge on any atom is -0.0842 e. The van der Waals surface area contributed by atoms with Gasteiger partial charge < -0.3 is 0 Å². The largest absolute Gasteiger partial charge is 0.0842 e. The van der Waals surface area contributed by atoms with Gasteiger partial charge in [-0.3, -0.25) is 0 Å². The fourth-order valence-electron chi connectivity index (χ4n) is 4.24. The molecule has 0 saturated heterocycles. The highest BCUT2D eigenvalue weighted by Crippen LogP contribution is 2.69. The van der Waals surface area contributed by atoms with E-state index in [-0.39, 0.29) is 0 Å². The molecule has 0 spiro atoms. The van der Waals surface area contributed by atoms with Gasteiger partial charge in [0.15, 0.2) is 0 Å². The summed E-state index contributed by atoms with van der Waals surface area (Å²) >= 11 is 0. The van der Waals surface area contributed by atoms with E-state index in [0.29, 0.717) is 0 Å². The molecule has 0 N–H and O–H groups in total. The lowest BCUT2D eigenvalue weighted by molar-refractivity contribution is 0.00427. The Kier molecular flexibility index (Phi) is 0.706. The smallest absolute Gasteiger partial charge is 0.0134 e. The van der Waals surface area contributed by atoms with Gasteiger partial charge in [-0.2, -0.15) is 0 Å². The first kappa shape index (κ1) is 5.40. The van der Waals surface area contributed by atoms with Crippen LogP contribution in [0.5, 0.6) is 0 Å². The zero-order chi connectivity index (χ0) is 7.00. The van der Waals surface area contributed by atoms with Gasteiger partial charge in [0.2, 0.25) is 0 Å². The minimum atomic E-state index is 1.06. The van der Waals surface area contributed by atoms with E-state index in [1.165, 1.54) is 17.8 Å². The van der Waals surface area contributed by atoms with Crippen molar-refractivity contribution >= 4 is 0 Å². The predicted octanol–water partition coefficient (Wildman–Crippen LogP) is 2.46. The Bertz CT molecular complexity index is 240. The Labute approximate surface area is 67.7 Å². The summed E-state index contributed by atoms with van der Waals surface area (Å²) in [4.78, 5) is 0. The first-order valence-corrected chi connectivity index (χ1v) is 5.13. The molecule has 0 radical (unpaired) electrons. The van der Waals surface area contributed by atoms with E-state index in [2.05, 4.69) is 12.2 Å². The van der Waals surface area contributed by atoms with E-state index in [9.17, 15) is 0 Å². The SMILES string of the molecule is C1=CC2C1C1CC3CCC3C21. The Morgan fingerprint density at radius 3 is 2.45 bits per heavy atom. The molecule has 0 aliphatic heterocycles. The summed E-state index contributed by atoms with van der Waals surface area (Å²) in [6, 6.07) is 0. The summed E-state index contributed by atoms with van der Waals surface area (Å²) in [5, 5.41) is 0. The van der Waals surface area contributed by atoms with Crippen LogP contribution in [0.4, 0.5) is 0 Å². The van der Waals surface area contributed by atoms with Crippen molar-refractivity contribution in [1.29, 1.82) is 0 Å². The summed E-state index contributed by atoms with van der Waals surface area (Å²) in [6.07, 6.45) is 9.68. The molecule has 0 aromatic carbocycles. The average molecular weight is 146 g/mol. The number of allylic oxidation sites excluding steroid dienone is 2. The Hall–Kier alpha value is -0.260. The third-order valence-electron chi connectivity index (χ3n) is 4.98. The third-order valence-corrected chi connectivity index (χ3v) is 4.98. The van der Waals surface area contributed by atoms with Crippen LogP contribution in [0.2, 0.25) is 0 Å². The lowest BCUT2D eigenvalue weighted by Crippen LogP contribution is -2.49. The molecule has 4 rings (SSSR count). The molecule has 3 saturated carbocycles. The summed E-state index contributed by atoms with van der Waals surface area (Å²) in [5.41, 5.74) is 0. The van der Waals surface area contributed by atoms with Crippen LogP contribution in [0.25, 0.3) is 0 Å². The highest BCUT2D eigenvalue weighted by Gasteiger charge is 2.62. The molecule has 6 atom stereocenters. The quantitative estimate of drug-likeness (QED) is 0.460. The first-order chi connectivity index (χ1) is 5.45. The van der Waals surface area contributed by atoms with Gasteiger partial charge in [0.25, 0.3) is 0 Å². The van der Waals surface area contributed by atoms with E-state index >= 15 is 0 Å². The van der Waals surface area contributed by atoms with E-state index in [1.54, 1.807) is 19.3 Å². The van der Waals surface area contributed by atoms with Crippen LogP contribution in [0.1, 0.15) is 19.3 Å². The fourth-order valence-corrected chi connectivity index (χ4v) is 4.24. The maximum absolute atomic E-state index is 2.48. The van der Waals surface area contributed by atoms with Crippen LogP contribution < -0.4 is 0 Å². The lowest BCUT2D eigenvalue weighted by atomic mass is 9.50. The summed E-state index contributed by atoms with van der Waals surface area (Å²) in [7, 11) is 0. The molecular formula is C11H14. The molecule has 0 aromatic heterocycles. The molecule has 4 aliphatic rings. The van der Waals surface area contributed by atoms with Gasteiger partial charge in [0.1, 0.15) is 0 Å². The second kappa shape index (κ2) is 1.44. The van der Waals surface area contributed by atoms with E-state index in [4.69, 9.17) is 0 Å². The lowest BCUT2D eigenvalue weighted by Gasteiger charge is -2.54. The molecule has 4 aliphatic carbocycles. The number of rotatable bonds is 0. The van der Waals surface area contributed by atoms with Gasteiger partial charge in [0.05, 0.1) is 0 Å². The van der Waals surface area contributed by atoms with Crippen molar-refractivity contribution in [1.82, 2.24) is 0 Å². The second-order valence-corrected chi connectivity index (χ2v) is 5.02. The summed E-state index contributed by atoms with van der Waals surface area (Å²) in [6.45, 7) is 0. The van der Waals surface area contributed by atoms with Gasteiger partial charge in [0, 0.05) is 0 Å².